The molecule has 0 unspecified atom stereocenters. The summed E-state index contributed by atoms with van der Waals surface area (Å²) >= 11 is 0. The molecule has 4 heterocycles. The number of pyridine rings is 1. The smallest absolute Gasteiger partial charge is 0.137 e. The number of nitrogens with one attached hydrogen (secondary N) is 1. The zero-order chi connectivity index (χ0) is 19.9. The number of fused-ring (bicyclic) bond motifs is 1. The Kier molecular flexibility index (Phi) is 4.14. The van der Waals surface area contributed by atoms with Gasteiger partial charge in [-0.15, -0.1) is 0 Å². The third-order valence-electron chi connectivity index (χ3n) is 5.98. The van der Waals surface area contributed by atoms with E-state index in [0.29, 0.717) is 12.1 Å². The highest BCUT2D eigenvalue weighted by atomic mass is 16.5. The molecule has 0 atom stereocenters. The topological polar surface area (TPSA) is 84.8 Å². The maximum Gasteiger partial charge on any atom is 0.137 e. The average Bonchev–Trinajstić information content (AvgIpc) is 3.27. The molecule has 152 valence electrons. The molecule has 2 fully saturated rings. The van der Waals surface area contributed by atoms with Crippen molar-refractivity contribution in [1.82, 2.24) is 29.9 Å². The molecule has 1 saturated carbocycles. The van der Waals surface area contributed by atoms with Crippen molar-refractivity contribution in [2.45, 2.75) is 37.8 Å². The van der Waals surface area contributed by atoms with Crippen LogP contribution >= 0.6 is 0 Å². The van der Waals surface area contributed by atoms with Gasteiger partial charge in [-0.25, -0.2) is 14.6 Å². The lowest BCUT2D eigenvalue weighted by molar-refractivity contribution is 0.303. The van der Waals surface area contributed by atoms with Crippen LogP contribution in [0.4, 0.5) is 5.82 Å². The molecule has 0 bridgehead atoms. The minimum Gasteiger partial charge on any atom is -0.490 e. The molecule has 1 N–H and O–H groups in total. The molecule has 2 aliphatic rings. The summed E-state index contributed by atoms with van der Waals surface area (Å²) < 4.78 is 7.95. The number of H-pyrrole nitrogens is 1. The van der Waals surface area contributed by atoms with Crippen molar-refractivity contribution in [2.24, 2.45) is 0 Å². The van der Waals surface area contributed by atoms with E-state index in [1.165, 1.54) is 0 Å². The highest BCUT2D eigenvalue weighted by Crippen LogP contribution is 2.34. The van der Waals surface area contributed by atoms with Gasteiger partial charge in [0.25, 0.3) is 0 Å². The van der Waals surface area contributed by atoms with E-state index in [2.05, 4.69) is 42.3 Å². The van der Waals surface area contributed by atoms with Crippen molar-refractivity contribution >= 4 is 16.7 Å². The number of rotatable bonds is 5. The molecule has 0 spiro atoms. The lowest BCUT2D eigenvalue weighted by atomic mass is 10.0. The van der Waals surface area contributed by atoms with Gasteiger partial charge in [0.15, 0.2) is 0 Å². The van der Waals surface area contributed by atoms with Crippen LogP contribution in [-0.4, -0.2) is 49.1 Å². The maximum atomic E-state index is 5.98. The normalized spacial score (nSPS) is 17.5. The number of anilines is 1. The van der Waals surface area contributed by atoms with Gasteiger partial charge in [0.2, 0.25) is 0 Å². The predicted molar refractivity (Wildman–Crippen MR) is 113 cm³/mol. The maximum absolute atomic E-state index is 5.98. The monoisotopic (exact) mass is 401 g/mol. The fourth-order valence-electron chi connectivity index (χ4n) is 4.17. The minimum atomic E-state index is 0.380. The highest BCUT2D eigenvalue weighted by molar-refractivity contribution is 5.94. The van der Waals surface area contributed by atoms with Crippen molar-refractivity contribution in [1.29, 1.82) is 0 Å². The van der Waals surface area contributed by atoms with Crippen LogP contribution < -0.4 is 9.64 Å². The van der Waals surface area contributed by atoms with E-state index < -0.39 is 0 Å². The third-order valence-corrected chi connectivity index (χ3v) is 5.98. The quantitative estimate of drug-likeness (QED) is 0.550. The van der Waals surface area contributed by atoms with Gasteiger partial charge in [-0.05, 0) is 56.0 Å². The van der Waals surface area contributed by atoms with E-state index in [9.17, 15) is 0 Å². The zero-order valence-corrected chi connectivity index (χ0v) is 16.6. The van der Waals surface area contributed by atoms with Crippen LogP contribution in [0.1, 0.15) is 31.7 Å². The molecule has 4 aromatic rings. The van der Waals surface area contributed by atoms with Gasteiger partial charge < -0.3 is 9.64 Å². The zero-order valence-electron chi connectivity index (χ0n) is 16.6. The van der Waals surface area contributed by atoms with Crippen LogP contribution in [-0.2, 0) is 0 Å². The van der Waals surface area contributed by atoms with Gasteiger partial charge in [-0.3, -0.25) is 5.10 Å². The lowest BCUT2D eigenvalue weighted by Gasteiger charge is -2.32. The summed E-state index contributed by atoms with van der Waals surface area (Å²) in [6.07, 6.45) is 10.0. The molecular formula is C22H23N7O. The van der Waals surface area contributed by atoms with Gasteiger partial charge >= 0.3 is 0 Å². The van der Waals surface area contributed by atoms with Gasteiger partial charge in [0.05, 0.1) is 17.7 Å². The Morgan fingerprint density at radius 2 is 1.93 bits per heavy atom. The Bertz CT molecular complexity index is 1160. The van der Waals surface area contributed by atoms with Gasteiger partial charge in [0.1, 0.15) is 29.9 Å². The summed E-state index contributed by atoms with van der Waals surface area (Å²) in [5.74, 6) is 1.91. The summed E-state index contributed by atoms with van der Waals surface area (Å²) in [5, 5.41) is 13.1. The van der Waals surface area contributed by atoms with Crippen LogP contribution in [0.2, 0.25) is 0 Å². The molecule has 1 aliphatic heterocycles. The number of benzene rings is 1. The molecular weight excluding hydrogens is 378 g/mol. The predicted octanol–water partition coefficient (Wildman–Crippen LogP) is 3.60. The van der Waals surface area contributed by atoms with Crippen LogP contribution in [0.3, 0.4) is 0 Å². The first-order valence-electron chi connectivity index (χ1n) is 10.5. The second-order valence-corrected chi connectivity index (χ2v) is 8.09. The van der Waals surface area contributed by atoms with Crippen LogP contribution in [0, 0.1) is 0 Å². The molecule has 0 radical (unpaired) electrons. The average molecular weight is 401 g/mol. The second kappa shape index (κ2) is 7.12. The molecule has 1 aromatic carbocycles. The first-order chi connectivity index (χ1) is 14.8. The number of aromatic amines is 1. The minimum absolute atomic E-state index is 0.380. The molecule has 8 heteroatoms. The second-order valence-electron chi connectivity index (χ2n) is 8.09. The molecule has 0 amide bonds. The number of aromatic nitrogens is 6. The van der Waals surface area contributed by atoms with Gasteiger partial charge in [0, 0.05) is 30.2 Å². The first-order valence-corrected chi connectivity index (χ1v) is 10.5. The Morgan fingerprint density at radius 3 is 2.73 bits per heavy atom. The molecule has 8 nitrogen and oxygen atoms in total. The Balaban J connectivity index is 1.25. The number of hydrogen-bond donors (Lipinski definition) is 1. The standard InChI is InChI=1S/C22H23N7O/c1-2-17(1)30-18-3-4-20-19(12-18)22(27-26-20)15-5-8-24-21(11-15)28-9-6-16(7-10-28)29-14-23-13-25-29/h3-5,8,11-14,16-17H,1-2,6-7,9-10H2,(H,26,27). The number of hydrogen-bond acceptors (Lipinski definition) is 6. The van der Waals surface area contributed by atoms with Crippen LogP contribution in [0.15, 0.2) is 49.2 Å². The van der Waals surface area contributed by atoms with Crippen molar-refractivity contribution in [2.75, 3.05) is 18.0 Å². The van der Waals surface area contributed by atoms with Crippen LogP contribution in [0.5, 0.6) is 5.75 Å². The third kappa shape index (κ3) is 3.28. The Labute approximate surface area is 173 Å². The molecule has 1 saturated heterocycles. The van der Waals surface area contributed by atoms with E-state index in [0.717, 1.165) is 72.5 Å². The van der Waals surface area contributed by atoms with E-state index in [1.54, 1.807) is 6.33 Å². The van der Waals surface area contributed by atoms with E-state index in [4.69, 9.17) is 4.74 Å². The molecule has 3 aromatic heterocycles. The number of ether oxygens (including phenoxy) is 1. The number of nitrogens with zero attached hydrogens (tertiary/aromatic N) is 6. The van der Waals surface area contributed by atoms with E-state index in [-0.39, 0.29) is 0 Å². The summed E-state index contributed by atoms with van der Waals surface area (Å²) in [7, 11) is 0. The summed E-state index contributed by atoms with van der Waals surface area (Å²) in [5.41, 5.74) is 3.01. The van der Waals surface area contributed by atoms with Gasteiger partial charge in [-0.2, -0.15) is 10.2 Å². The molecule has 30 heavy (non-hydrogen) atoms. The highest BCUT2D eigenvalue weighted by Gasteiger charge is 2.24. The number of piperidine rings is 1. The van der Waals surface area contributed by atoms with Crippen LogP contribution in [0.25, 0.3) is 22.2 Å². The SMILES string of the molecule is c1cc(-c2n[nH]c3ccc(OC4CC4)cc23)cc(N2CCC(n3cncn3)CC2)n1. The largest absolute Gasteiger partial charge is 0.490 e. The summed E-state index contributed by atoms with van der Waals surface area (Å²) in [4.78, 5) is 11.0. The fraction of sp³-hybridized carbons (Fsp3) is 0.364. The van der Waals surface area contributed by atoms with Gasteiger partial charge in [-0.1, -0.05) is 0 Å². The summed E-state index contributed by atoms with van der Waals surface area (Å²) in [6, 6.07) is 10.7. The lowest BCUT2D eigenvalue weighted by Crippen LogP contribution is -2.35. The van der Waals surface area contributed by atoms with Crippen molar-refractivity contribution in [3.8, 4) is 17.0 Å². The summed E-state index contributed by atoms with van der Waals surface area (Å²) in [6.45, 7) is 1.89. The van der Waals surface area contributed by atoms with Crippen molar-refractivity contribution < 1.29 is 4.74 Å². The fourth-order valence-corrected chi connectivity index (χ4v) is 4.17. The first kappa shape index (κ1) is 17.4. The molecule has 6 rings (SSSR count). The molecule has 1 aliphatic carbocycles. The Morgan fingerprint density at radius 1 is 1.03 bits per heavy atom. The Hall–Kier alpha value is -3.42. The van der Waals surface area contributed by atoms with Crippen molar-refractivity contribution in [3.63, 3.8) is 0 Å². The van der Waals surface area contributed by atoms with E-state index >= 15 is 0 Å². The van der Waals surface area contributed by atoms with Crippen molar-refractivity contribution in [3.05, 3.63) is 49.2 Å². The van der Waals surface area contributed by atoms with E-state index in [1.807, 2.05) is 35.4 Å².